The van der Waals surface area contributed by atoms with Crippen LogP contribution >= 0.6 is 46.4 Å². The molecule has 1 aliphatic rings. The van der Waals surface area contributed by atoms with Gasteiger partial charge in [-0.25, -0.2) is 13.2 Å². The van der Waals surface area contributed by atoms with E-state index in [1.54, 1.807) is 0 Å². The largest absolute Gasteiger partial charge is 0.417 e. The minimum Gasteiger partial charge on any atom is -0.326 e. The molecule has 2 unspecified atom stereocenters. The molecule has 3 aromatic rings. The first kappa shape index (κ1) is 28.5. The van der Waals surface area contributed by atoms with E-state index in [1.165, 1.54) is 18.2 Å². The molecule has 3 nitrogen and oxygen atoms in total. The van der Waals surface area contributed by atoms with Crippen molar-refractivity contribution in [2.75, 3.05) is 5.32 Å². The minimum absolute atomic E-state index is 0.0137. The summed E-state index contributed by atoms with van der Waals surface area (Å²) in [6, 6.07) is 7.86. The molecular formula is C25H13Cl4F6NO2. The zero-order valence-corrected chi connectivity index (χ0v) is 21.6. The summed E-state index contributed by atoms with van der Waals surface area (Å²) in [7, 11) is 0. The zero-order valence-electron chi connectivity index (χ0n) is 18.6. The second kappa shape index (κ2) is 10.3. The van der Waals surface area contributed by atoms with Crippen molar-refractivity contribution in [2.45, 2.75) is 22.8 Å². The molecular weight excluding hydrogens is 602 g/mol. The number of anilines is 1. The molecule has 200 valence electrons. The molecule has 38 heavy (non-hydrogen) atoms. The van der Waals surface area contributed by atoms with Gasteiger partial charge in [-0.05, 0) is 47.5 Å². The summed E-state index contributed by atoms with van der Waals surface area (Å²) in [5.41, 5.74) is -1.83. The highest BCUT2D eigenvalue weighted by Crippen LogP contribution is 2.65. The van der Waals surface area contributed by atoms with Crippen molar-refractivity contribution in [1.29, 1.82) is 0 Å². The van der Waals surface area contributed by atoms with Crippen LogP contribution in [0.5, 0.6) is 0 Å². The van der Waals surface area contributed by atoms with Crippen LogP contribution in [-0.4, -0.2) is 16.0 Å². The number of nitrogens with one attached hydrogen (secondary N) is 1. The van der Waals surface area contributed by atoms with Gasteiger partial charge < -0.3 is 5.32 Å². The topological polar surface area (TPSA) is 46.2 Å². The van der Waals surface area contributed by atoms with E-state index >= 15 is 0 Å². The van der Waals surface area contributed by atoms with Crippen LogP contribution in [0.4, 0.5) is 32.0 Å². The fourth-order valence-corrected chi connectivity index (χ4v) is 5.30. The van der Waals surface area contributed by atoms with Crippen LogP contribution in [-0.2, 0) is 17.4 Å². The van der Waals surface area contributed by atoms with Gasteiger partial charge in [0.15, 0.2) is 5.78 Å². The van der Waals surface area contributed by atoms with E-state index in [0.717, 1.165) is 18.2 Å². The van der Waals surface area contributed by atoms with Crippen molar-refractivity contribution in [2.24, 2.45) is 5.92 Å². The highest BCUT2D eigenvalue weighted by atomic mass is 35.5. The Balaban J connectivity index is 1.55. The van der Waals surface area contributed by atoms with E-state index in [9.17, 15) is 35.9 Å². The quantitative estimate of drug-likeness (QED) is 0.172. The Kier molecular flexibility index (Phi) is 7.71. The normalized spacial score (nSPS) is 18.3. The monoisotopic (exact) mass is 613 g/mol. The maximum atomic E-state index is 14.1. The molecule has 1 amide bonds. The van der Waals surface area contributed by atoms with Crippen molar-refractivity contribution >= 4 is 63.8 Å². The summed E-state index contributed by atoms with van der Waals surface area (Å²) < 4.78 is 79.2. The van der Waals surface area contributed by atoms with Gasteiger partial charge in [0, 0.05) is 29.7 Å². The summed E-state index contributed by atoms with van der Waals surface area (Å²) in [5, 5.41) is 1.31. The average Bonchev–Trinajstić information content (AvgIpc) is 3.39. The first-order chi connectivity index (χ1) is 17.6. The Labute approximate surface area is 231 Å². The van der Waals surface area contributed by atoms with Gasteiger partial charge in [0.25, 0.3) is 0 Å². The predicted molar refractivity (Wildman–Crippen MR) is 132 cm³/mol. The summed E-state index contributed by atoms with van der Waals surface area (Å²) in [6.45, 7) is 0. The summed E-state index contributed by atoms with van der Waals surface area (Å²) >= 11 is 23.9. The molecule has 0 saturated heterocycles. The number of amides is 1. The molecule has 2 atom stereocenters. The second-order valence-electron chi connectivity index (χ2n) is 8.51. The van der Waals surface area contributed by atoms with E-state index in [1.807, 2.05) is 0 Å². The maximum Gasteiger partial charge on any atom is 0.417 e. The molecule has 1 fully saturated rings. The number of halogens is 10. The number of rotatable bonds is 6. The van der Waals surface area contributed by atoms with Crippen LogP contribution in [0, 0.1) is 23.4 Å². The van der Waals surface area contributed by atoms with E-state index in [0.29, 0.717) is 12.1 Å². The molecule has 13 heteroatoms. The first-order valence-corrected chi connectivity index (χ1v) is 12.1. The van der Waals surface area contributed by atoms with E-state index in [-0.39, 0.29) is 27.4 Å². The van der Waals surface area contributed by atoms with Crippen LogP contribution < -0.4 is 5.32 Å². The molecule has 0 aromatic heterocycles. The van der Waals surface area contributed by atoms with Crippen molar-refractivity contribution in [3.05, 3.63) is 98.3 Å². The van der Waals surface area contributed by atoms with Crippen LogP contribution in [0.15, 0.2) is 48.5 Å². The van der Waals surface area contributed by atoms with Gasteiger partial charge in [-0.1, -0.05) is 29.3 Å². The highest BCUT2D eigenvalue weighted by molar-refractivity contribution is 6.53. The average molecular weight is 615 g/mol. The molecule has 0 spiro atoms. The molecule has 3 aromatic carbocycles. The molecule has 4 rings (SSSR count). The van der Waals surface area contributed by atoms with Crippen molar-refractivity contribution in [3.8, 4) is 0 Å². The Morgan fingerprint density at radius 3 is 2.24 bits per heavy atom. The van der Waals surface area contributed by atoms with Crippen LogP contribution in [0.3, 0.4) is 0 Å². The van der Waals surface area contributed by atoms with Crippen molar-refractivity contribution < 1.29 is 35.9 Å². The first-order valence-electron chi connectivity index (χ1n) is 10.6. The molecule has 1 aliphatic carbocycles. The smallest absolute Gasteiger partial charge is 0.326 e. The Morgan fingerprint density at radius 1 is 0.921 bits per heavy atom. The third-order valence-electron chi connectivity index (χ3n) is 5.95. The number of ketones is 1. The number of Topliss-reactive ketones (excluding diaryl/α,β-unsaturated/α-hetero) is 1. The van der Waals surface area contributed by atoms with E-state index in [2.05, 4.69) is 5.32 Å². The summed E-state index contributed by atoms with van der Waals surface area (Å²) in [5.74, 6) is -7.04. The fourth-order valence-electron chi connectivity index (χ4n) is 4.03. The minimum atomic E-state index is -4.97. The van der Waals surface area contributed by atoms with Crippen molar-refractivity contribution in [1.82, 2.24) is 0 Å². The van der Waals surface area contributed by atoms with Gasteiger partial charge in [0.05, 0.1) is 21.5 Å². The van der Waals surface area contributed by atoms with Crippen LogP contribution in [0.25, 0.3) is 0 Å². The third-order valence-corrected chi connectivity index (χ3v) is 7.61. The van der Waals surface area contributed by atoms with Crippen LogP contribution in [0.1, 0.15) is 33.0 Å². The molecule has 1 saturated carbocycles. The number of carbonyl (C=O) groups is 2. The molecule has 0 aliphatic heterocycles. The van der Waals surface area contributed by atoms with Gasteiger partial charge in [-0.3, -0.25) is 9.59 Å². The Bertz CT molecular complexity index is 1460. The lowest BCUT2D eigenvalue weighted by Crippen LogP contribution is -2.17. The standard InChI is InChI=1S/C25H13Cl4F6NO2/c26-16-4-3-13(9-14(16)19(37)7-10-1-2-12(30)8-17(10)31)36-23(38)21-20(24(21,28)29)11-5-15(25(33,34)35)22(27)18(32)6-11/h1-6,8-9,20-21H,7H2,(H,36,38). The lowest BCUT2D eigenvalue weighted by atomic mass is 10.0. The van der Waals surface area contributed by atoms with E-state index < -0.39 is 68.5 Å². The number of carbonyl (C=O) groups excluding carboxylic acids is 2. The summed E-state index contributed by atoms with van der Waals surface area (Å²) in [4.78, 5) is 25.6. The molecule has 0 radical (unpaired) electrons. The van der Waals surface area contributed by atoms with Gasteiger partial charge in [-0.2, -0.15) is 13.2 Å². The lowest BCUT2D eigenvalue weighted by Gasteiger charge is -2.12. The second-order valence-corrected chi connectivity index (χ2v) is 10.7. The number of benzene rings is 3. The summed E-state index contributed by atoms with van der Waals surface area (Å²) in [6.07, 6.45) is -5.42. The number of hydrogen-bond acceptors (Lipinski definition) is 2. The lowest BCUT2D eigenvalue weighted by molar-refractivity contribution is -0.137. The zero-order chi connectivity index (χ0) is 28.2. The van der Waals surface area contributed by atoms with Gasteiger partial charge in [-0.15, -0.1) is 23.2 Å². The molecule has 0 heterocycles. The predicted octanol–water partition coefficient (Wildman–Crippen LogP) is 8.38. The molecule has 1 N–H and O–H groups in total. The SMILES string of the molecule is O=C(Cc1ccc(F)cc1F)c1cc(NC(=O)C2C(c3cc(F)c(Cl)c(C(F)(F)F)c3)C2(Cl)Cl)ccc1Cl. The Hall–Kier alpha value is -2.46. The number of alkyl halides is 5. The maximum absolute atomic E-state index is 14.1. The van der Waals surface area contributed by atoms with Crippen molar-refractivity contribution in [3.63, 3.8) is 0 Å². The van der Waals surface area contributed by atoms with Gasteiger partial charge in [0.2, 0.25) is 5.91 Å². The van der Waals surface area contributed by atoms with Gasteiger partial charge in [0.1, 0.15) is 21.8 Å². The van der Waals surface area contributed by atoms with Gasteiger partial charge >= 0.3 is 6.18 Å². The highest BCUT2D eigenvalue weighted by Gasteiger charge is 2.68. The van der Waals surface area contributed by atoms with E-state index in [4.69, 9.17) is 46.4 Å². The third kappa shape index (κ3) is 5.61. The number of hydrogen-bond donors (Lipinski definition) is 1. The molecule has 0 bridgehead atoms. The van der Waals surface area contributed by atoms with Crippen LogP contribution in [0.2, 0.25) is 10.0 Å². The fraction of sp³-hybridized carbons (Fsp3) is 0.200. The Morgan fingerprint density at radius 2 is 1.61 bits per heavy atom.